The Morgan fingerprint density at radius 1 is 1.22 bits per heavy atom. The van der Waals surface area contributed by atoms with E-state index in [4.69, 9.17) is 4.74 Å². The summed E-state index contributed by atoms with van der Waals surface area (Å²) in [6, 6.07) is 6.59. The second kappa shape index (κ2) is 8.93. The summed E-state index contributed by atoms with van der Waals surface area (Å²) in [5, 5.41) is 3.01. The van der Waals surface area contributed by atoms with Crippen molar-refractivity contribution >= 4 is 9.84 Å². The summed E-state index contributed by atoms with van der Waals surface area (Å²) in [6.45, 7) is 4.82. The topological polar surface area (TPSA) is 58.6 Å². The number of ether oxygens (including phenoxy) is 1. The van der Waals surface area contributed by atoms with Gasteiger partial charge in [0.15, 0.2) is 9.84 Å². The molecule has 0 radical (unpaired) electrons. The van der Waals surface area contributed by atoms with Crippen LogP contribution in [0.1, 0.15) is 43.7 Å². The fourth-order valence-corrected chi connectivity index (χ4v) is 6.64. The van der Waals surface area contributed by atoms with Gasteiger partial charge in [-0.25, -0.2) is 8.42 Å². The van der Waals surface area contributed by atoms with Crippen LogP contribution >= 0.6 is 0 Å². The molecule has 152 valence electrons. The molecule has 0 spiro atoms. The van der Waals surface area contributed by atoms with Gasteiger partial charge in [0, 0.05) is 12.3 Å². The van der Waals surface area contributed by atoms with Crippen LogP contribution < -0.4 is 10.1 Å². The Labute approximate surface area is 164 Å². The molecule has 2 atom stereocenters. The monoisotopic (exact) mass is 394 g/mol. The number of piperidine rings is 1. The fourth-order valence-electron chi connectivity index (χ4n) is 4.90. The summed E-state index contributed by atoms with van der Waals surface area (Å²) in [6.07, 6.45) is 7.22. The molecule has 1 aromatic rings. The van der Waals surface area contributed by atoms with Crippen LogP contribution in [-0.2, 0) is 22.7 Å². The van der Waals surface area contributed by atoms with E-state index in [0.717, 1.165) is 63.9 Å². The van der Waals surface area contributed by atoms with Gasteiger partial charge in [-0.1, -0.05) is 13.0 Å². The minimum Gasteiger partial charge on any atom is -0.497 e. The number of nitrogens with zero attached hydrogens (tertiary/aromatic N) is 1. The van der Waals surface area contributed by atoms with Crippen LogP contribution in [-0.4, -0.2) is 57.7 Å². The summed E-state index contributed by atoms with van der Waals surface area (Å²) in [7, 11) is -1.46. The highest BCUT2D eigenvalue weighted by molar-refractivity contribution is 7.91. The molecule has 1 aromatic carbocycles. The average molecular weight is 395 g/mol. The van der Waals surface area contributed by atoms with Crippen molar-refractivity contribution in [3.05, 3.63) is 29.3 Å². The van der Waals surface area contributed by atoms with Crippen molar-refractivity contribution in [3.8, 4) is 5.75 Å². The zero-order valence-corrected chi connectivity index (χ0v) is 17.7. The van der Waals surface area contributed by atoms with Gasteiger partial charge >= 0.3 is 0 Å². The van der Waals surface area contributed by atoms with Gasteiger partial charge in [-0.05, 0) is 87.3 Å². The molecule has 5 nitrogen and oxygen atoms in total. The van der Waals surface area contributed by atoms with Gasteiger partial charge in [0.2, 0.25) is 0 Å². The van der Waals surface area contributed by atoms with E-state index >= 15 is 0 Å². The average Bonchev–Trinajstić information content (AvgIpc) is 2.66. The van der Waals surface area contributed by atoms with Crippen molar-refractivity contribution in [3.63, 3.8) is 0 Å². The van der Waals surface area contributed by atoms with Gasteiger partial charge in [0.05, 0.1) is 7.11 Å². The normalized spacial score (nSPS) is 22.4. The highest BCUT2D eigenvalue weighted by Gasteiger charge is 2.39. The fraction of sp³-hybridized carbons (Fsp3) is 0.714. The Balaban J connectivity index is 1.88. The second-order valence-electron chi connectivity index (χ2n) is 8.08. The van der Waals surface area contributed by atoms with Crippen LogP contribution in [0.4, 0.5) is 0 Å². The molecule has 2 unspecified atom stereocenters. The number of fused-ring (bicyclic) bond motifs is 1. The number of hydrogen-bond donors (Lipinski definition) is 1. The minimum absolute atomic E-state index is 0.222. The second-order valence-corrected chi connectivity index (χ2v) is 10.2. The number of sulfone groups is 1. The molecular weight excluding hydrogens is 360 g/mol. The molecule has 27 heavy (non-hydrogen) atoms. The third-order valence-corrected chi connectivity index (χ3v) is 7.65. The van der Waals surface area contributed by atoms with E-state index in [2.05, 4.69) is 29.3 Å². The largest absolute Gasteiger partial charge is 0.497 e. The molecule has 2 aliphatic rings. The van der Waals surface area contributed by atoms with E-state index < -0.39 is 9.84 Å². The number of rotatable bonds is 7. The molecular formula is C21H34N2O3S. The Kier molecular flexibility index (Phi) is 6.82. The highest BCUT2D eigenvalue weighted by Crippen LogP contribution is 2.33. The van der Waals surface area contributed by atoms with Crippen molar-refractivity contribution < 1.29 is 13.2 Å². The Morgan fingerprint density at radius 3 is 2.59 bits per heavy atom. The van der Waals surface area contributed by atoms with Crippen LogP contribution in [0.25, 0.3) is 0 Å². The van der Waals surface area contributed by atoms with E-state index in [-0.39, 0.29) is 17.3 Å². The number of benzene rings is 1. The first-order valence-corrected chi connectivity index (χ1v) is 12.2. The molecule has 6 heteroatoms. The molecule has 3 rings (SSSR count). The molecule has 1 aliphatic heterocycles. The Morgan fingerprint density at radius 2 is 1.96 bits per heavy atom. The first-order valence-electron chi connectivity index (χ1n) is 10.2. The van der Waals surface area contributed by atoms with E-state index in [0.29, 0.717) is 0 Å². The molecule has 0 saturated carbocycles. The third kappa shape index (κ3) is 4.84. The third-order valence-electron chi connectivity index (χ3n) is 6.12. The van der Waals surface area contributed by atoms with Gasteiger partial charge in [0.25, 0.3) is 0 Å². The van der Waals surface area contributed by atoms with Gasteiger partial charge in [-0.3, -0.25) is 4.90 Å². The summed E-state index contributed by atoms with van der Waals surface area (Å²) >= 11 is 0. The molecule has 1 N–H and O–H groups in total. The van der Waals surface area contributed by atoms with Gasteiger partial charge < -0.3 is 10.1 Å². The van der Waals surface area contributed by atoms with Crippen molar-refractivity contribution in [1.82, 2.24) is 10.2 Å². The first-order chi connectivity index (χ1) is 12.9. The lowest BCUT2D eigenvalue weighted by atomic mass is 9.86. The lowest BCUT2D eigenvalue weighted by molar-refractivity contribution is 0.114. The predicted molar refractivity (Wildman–Crippen MR) is 110 cm³/mol. The molecule has 1 aliphatic carbocycles. The number of methoxy groups -OCH3 is 1. The zero-order chi connectivity index (χ0) is 19.4. The molecule has 1 heterocycles. The molecule has 1 saturated heterocycles. The van der Waals surface area contributed by atoms with Gasteiger partial charge in [0.1, 0.15) is 11.1 Å². The maximum absolute atomic E-state index is 12.9. The van der Waals surface area contributed by atoms with Crippen molar-refractivity contribution in [2.45, 2.75) is 56.9 Å². The zero-order valence-electron chi connectivity index (χ0n) is 16.9. The molecule has 1 fully saturated rings. The quantitative estimate of drug-likeness (QED) is 0.770. The number of nitrogens with one attached hydrogen (secondary N) is 1. The molecule has 0 amide bonds. The maximum Gasteiger partial charge on any atom is 0.163 e. The van der Waals surface area contributed by atoms with Crippen LogP contribution in [0.15, 0.2) is 18.2 Å². The smallest absolute Gasteiger partial charge is 0.163 e. The van der Waals surface area contributed by atoms with E-state index in [9.17, 15) is 8.42 Å². The van der Waals surface area contributed by atoms with E-state index in [1.807, 2.05) is 6.07 Å². The predicted octanol–water partition coefficient (Wildman–Crippen LogP) is 2.63. The van der Waals surface area contributed by atoms with Crippen molar-refractivity contribution in [1.29, 1.82) is 0 Å². The van der Waals surface area contributed by atoms with Crippen LogP contribution in [0, 0.1) is 5.92 Å². The van der Waals surface area contributed by atoms with Crippen LogP contribution in [0.3, 0.4) is 0 Å². The summed E-state index contributed by atoms with van der Waals surface area (Å²) in [5.74, 6) is 1.11. The van der Waals surface area contributed by atoms with Crippen molar-refractivity contribution in [2.24, 2.45) is 5.92 Å². The highest BCUT2D eigenvalue weighted by atomic mass is 32.2. The molecule has 0 aromatic heterocycles. The van der Waals surface area contributed by atoms with Crippen molar-refractivity contribution in [2.75, 3.05) is 33.0 Å². The maximum atomic E-state index is 12.9. The standard InChI is InChI=1S/C21H34N2O3S/c1-4-13-23(21(27(3,24)25)17-9-11-22-12-10-17)19-7-5-16-6-8-20(26-2)15-18(16)14-19/h6,8,15,17,19,21-22H,4-5,7,9-14H2,1-3H3. The summed E-state index contributed by atoms with van der Waals surface area (Å²) in [5.41, 5.74) is 2.69. The SMILES string of the molecule is CCCN(C1CCc2ccc(OC)cc2C1)C(C1CCNCC1)S(C)(=O)=O. The lowest BCUT2D eigenvalue weighted by Crippen LogP contribution is -2.54. The van der Waals surface area contributed by atoms with E-state index in [1.165, 1.54) is 17.4 Å². The Bertz CT molecular complexity index is 729. The van der Waals surface area contributed by atoms with Gasteiger partial charge in [-0.15, -0.1) is 0 Å². The molecule has 0 bridgehead atoms. The first kappa shape index (κ1) is 20.6. The minimum atomic E-state index is -3.15. The summed E-state index contributed by atoms with van der Waals surface area (Å²) < 4.78 is 31.1. The Hall–Kier alpha value is -1.11. The summed E-state index contributed by atoms with van der Waals surface area (Å²) in [4.78, 5) is 2.33. The number of aryl methyl sites for hydroxylation is 1. The lowest BCUT2D eigenvalue weighted by Gasteiger charge is -2.43. The van der Waals surface area contributed by atoms with Crippen LogP contribution in [0.2, 0.25) is 0 Å². The van der Waals surface area contributed by atoms with Gasteiger partial charge in [-0.2, -0.15) is 0 Å². The van der Waals surface area contributed by atoms with E-state index in [1.54, 1.807) is 7.11 Å². The number of hydrogen-bond acceptors (Lipinski definition) is 5. The van der Waals surface area contributed by atoms with Crippen LogP contribution in [0.5, 0.6) is 5.75 Å².